The highest BCUT2D eigenvalue weighted by Crippen LogP contribution is 2.26. The second-order valence-corrected chi connectivity index (χ2v) is 3.84. The molecule has 3 heteroatoms. The Labute approximate surface area is 79.6 Å². The zero-order chi connectivity index (χ0) is 9.68. The van der Waals surface area contributed by atoms with Gasteiger partial charge in [-0.1, -0.05) is 19.3 Å². The summed E-state index contributed by atoms with van der Waals surface area (Å²) in [4.78, 5) is 11.0. The first-order valence-electron chi connectivity index (χ1n) is 5.06. The molecule has 0 heterocycles. The monoisotopic (exact) mass is 185 g/mol. The van der Waals surface area contributed by atoms with Crippen LogP contribution in [0.4, 0.5) is 0 Å². The van der Waals surface area contributed by atoms with Crippen molar-refractivity contribution >= 4 is 5.97 Å². The van der Waals surface area contributed by atoms with Crippen LogP contribution in [0.3, 0.4) is 0 Å². The predicted molar refractivity (Wildman–Crippen MR) is 51.2 cm³/mol. The summed E-state index contributed by atoms with van der Waals surface area (Å²) in [5.74, 6) is 0.353. The zero-order valence-electron chi connectivity index (χ0n) is 8.29. The van der Waals surface area contributed by atoms with Gasteiger partial charge >= 0.3 is 5.97 Å². The van der Waals surface area contributed by atoms with Gasteiger partial charge in [-0.05, 0) is 18.8 Å². The van der Waals surface area contributed by atoms with Gasteiger partial charge in [-0.2, -0.15) is 0 Å². The molecule has 0 bridgehead atoms. The van der Waals surface area contributed by atoms with Crippen molar-refractivity contribution in [1.29, 1.82) is 0 Å². The highest BCUT2D eigenvalue weighted by Gasteiger charge is 2.22. The molecule has 1 aliphatic rings. The first-order valence-corrected chi connectivity index (χ1v) is 5.06. The Morgan fingerprint density at radius 2 is 2.08 bits per heavy atom. The van der Waals surface area contributed by atoms with Crippen molar-refractivity contribution in [1.82, 2.24) is 0 Å². The van der Waals surface area contributed by atoms with E-state index in [9.17, 15) is 4.79 Å². The van der Waals surface area contributed by atoms with E-state index in [2.05, 4.69) is 4.74 Å². The molecule has 13 heavy (non-hydrogen) atoms. The molecule has 0 aromatic rings. The van der Waals surface area contributed by atoms with Crippen LogP contribution in [0.25, 0.3) is 0 Å². The molecule has 1 saturated carbocycles. The molecule has 1 atom stereocenters. The summed E-state index contributed by atoms with van der Waals surface area (Å²) >= 11 is 0. The SMILES string of the molecule is COC(=O)C[C@@H](N)C1CCCCC1. The first kappa shape index (κ1) is 10.5. The fraction of sp³-hybridized carbons (Fsp3) is 0.900. The lowest BCUT2D eigenvalue weighted by molar-refractivity contribution is -0.141. The number of carbonyl (C=O) groups is 1. The maximum absolute atomic E-state index is 11.0. The molecule has 0 aromatic carbocycles. The van der Waals surface area contributed by atoms with Gasteiger partial charge in [-0.3, -0.25) is 4.79 Å². The summed E-state index contributed by atoms with van der Waals surface area (Å²) in [7, 11) is 1.41. The van der Waals surface area contributed by atoms with Crippen molar-refractivity contribution in [3.05, 3.63) is 0 Å². The summed E-state index contributed by atoms with van der Waals surface area (Å²) < 4.78 is 4.59. The third kappa shape index (κ3) is 3.35. The normalized spacial score (nSPS) is 21.1. The fourth-order valence-corrected chi connectivity index (χ4v) is 2.00. The van der Waals surface area contributed by atoms with Crippen LogP contribution in [0.1, 0.15) is 38.5 Å². The molecule has 3 nitrogen and oxygen atoms in total. The molecule has 0 spiro atoms. The van der Waals surface area contributed by atoms with Gasteiger partial charge in [0.15, 0.2) is 0 Å². The first-order chi connectivity index (χ1) is 6.24. The van der Waals surface area contributed by atoms with Crippen LogP contribution >= 0.6 is 0 Å². The Morgan fingerprint density at radius 3 is 2.62 bits per heavy atom. The lowest BCUT2D eigenvalue weighted by Crippen LogP contribution is -2.34. The van der Waals surface area contributed by atoms with E-state index in [1.165, 1.54) is 39.2 Å². The highest BCUT2D eigenvalue weighted by atomic mass is 16.5. The number of esters is 1. The van der Waals surface area contributed by atoms with Gasteiger partial charge in [0.05, 0.1) is 13.5 Å². The van der Waals surface area contributed by atoms with Gasteiger partial charge in [-0.25, -0.2) is 0 Å². The summed E-state index contributed by atoms with van der Waals surface area (Å²) in [6.45, 7) is 0. The molecule has 0 aliphatic heterocycles. The van der Waals surface area contributed by atoms with Crippen LogP contribution in [-0.2, 0) is 9.53 Å². The quantitative estimate of drug-likeness (QED) is 0.677. The lowest BCUT2D eigenvalue weighted by Gasteiger charge is -2.26. The molecule has 1 fully saturated rings. The van der Waals surface area contributed by atoms with Gasteiger partial charge in [0, 0.05) is 6.04 Å². The van der Waals surface area contributed by atoms with Crippen LogP contribution < -0.4 is 5.73 Å². The Hall–Kier alpha value is -0.570. The number of hydrogen-bond donors (Lipinski definition) is 1. The van der Waals surface area contributed by atoms with Crippen LogP contribution in [-0.4, -0.2) is 19.1 Å². The van der Waals surface area contributed by atoms with E-state index in [1.54, 1.807) is 0 Å². The number of hydrogen-bond acceptors (Lipinski definition) is 3. The van der Waals surface area contributed by atoms with Crippen molar-refractivity contribution in [3.8, 4) is 0 Å². The van der Waals surface area contributed by atoms with Crippen LogP contribution in [0.5, 0.6) is 0 Å². The van der Waals surface area contributed by atoms with Crippen LogP contribution in [0.2, 0.25) is 0 Å². The minimum atomic E-state index is -0.182. The van der Waals surface area contributed by atoms with Gasteiger partial charge in [0.2, 0.25) is 0 Å². The van der Waals surface area contributed by atoms with Gasteiger partial charge < -0.3 is 10.5 Å². The average molecular weight is 185 g/mol. The lowest BCUT2D eigenvalue weighted by atomic mass is 9.83. The molecule has 0 saturated heterocycles. The van der Waals surface area contributed by atoms with E-state index in [-0.39, 0.29) is 12.0 Å². The zero-order valence-corrected chi connectivity index (χ0v) is 8.29. The van der Waals surface area contributed by atoms with E-state index in [1.807, 2.05) is 0 Å². The minimum absolute atomic E-state index is 0.00718. The van der Waals surface area contributed by atoms with Crippen molar-refractivity contribution in [2.45, 2.75) is 44.6 Å². The van der Waals surface area contributed by atoms with E-state index in [0.717, 1.165) is 0 Å². The molecule has 2 N–H and O–H groups in total. The Bertz CT molecular complexity index is 164. The van der Waals surface area contributed by atoms with E-state index >= 15 is 0 Å². The number of ether oxygens (including phenoxy) is 1. The molecule has 0 unspecified atom stereocenters. The average Bonchev–Trinajstić information content (AvgIpc) is 2.19. The Balaban J connectivity index is 2.28. The maximum Gasteiger partial charge on any atom is 0.307 e. The minimum Gasteiger partial charge on any atom is -0.469 e. The smallest absolute Gasteiger partial charge is 0.307 e. The second-order valence-electron chi connectivity index (χ2n) is 3.84. The molecule has 76 valence electrons. The van der Waals surface area contributed by atoms with Gasteiger partial charge in [0.25, 0.3) is 0 Å². The summed E-state index contributed by atoms with van der Waals surface area (Å²) in [6.07, 6.45) is 6.58. The van der Waals surface area contributed by atoms with Gasteiger partial charge in [-0.15, -0.1) is 0 Å². The molecule has 0 aromatic heterocycles. The van der Waals surface area contributed by atoms with Crippen molar-refractivity contribution in [2.24, 2.45) is 11.7 Å². The maximum atomic E-state index is 11.0. The number of carbonyl (C=O) groups excluding carboxylic acids is 1. The third-order valence-electron chi connectivity index (χ3n) is 2.89. The highest BCUT2D eigenvalue weighted by molar-refractivity contribution is 5.69. The molecule has 0 radical (unpaired) electrons. The number of methoxy groups -OCH3 is 1. The standard InChI is InChI=1S/C10H19NO2/c1-13-10(12)7-9(11)8-5-3-2-4-6-8/h8-9H,2-7,11H2,1H3/t9-/m1/s1. The molecule has 1 rings (SSSR count). The summed E-state index contributed by atoms with van der Waals surface area (Å²) in [5, 5.41) is 0. The molecule has 0 amide bonds. The Kier molecular flexibility index (Phi) is 4.22. The van der Waals surface area contributed by atoms with E-state index in [4.69, 9.17) is 5.73 Å². The van der Waals surface area contributed by atoms with Crippen LogP contribution in [0, 0.1) is 5.92 Å². The van der Waals surface area contributed by atoms with Crippen LogP contribution in [0.15, 0.2) is 0 Å². The molecular formula is C10H19NO2. The number of nitrogens with two attached hydrogens (primary N) is 1. The largest absolute Gasteiger partial charge is 0.469 e. The second kappa shape index (κ2) is 5.22. The van der Waals surface area contributed by atoms with Crippen molar-refractivity contribution < 1.29 is 9.53 Å². The molecule has 1 aliphatic carbocycles. The number of rotatable bonds is 3. The summed E-state index contributed by atoms with van der Waals surface area (Å²) in [6, 6.07) is 0.00718. The van der Waals surface area contributed by atoms with Crippen molar-refractivity contribution in [3.63, 3.8) is 0 Å². The Morgan fingerprint density at radius 1 is 1.46 bits per heavy atom. The van der Waals surface area contributed by atoms with Gasteiger partial charge in [0.1, 0.15) is 0 Å². The third-order valence-corrected chi connectivity index (χ3v) is 2.89. The van der Waals surface area contributed by atoms with E-state index < -0.39 is 0 Å². The topological polar surface area (TPSA) is 52.3 Å². The van der Waals surface area contributed by atoms with Crippen molar-refractivity contribution in [2.75, 3.05) is 7.11 Å². The summed E-state index contributed by atoms with van der Waals surface area (Å²) in [5.41, 5.74) is 5.92. The predicted octanol–water partition coefficient (Wildman–Crippen LogP) is 1.46. The fourth-order valence-electron chi connectivity index (χ4n) is 2.00. The molecular weight excluding hydrogens is 166 g/mol. The van der Waals surface area contributed by atoms with E-state index in [0.29, 0.717) is 12.3 Å².